The first-order valence-corrected chi connectivity index (χ1v) is 13.3. The van der Waals surface area contributed by atoms with E-state index in [4.69, 9.17) is 9.97 Å². The lowest BCUT2D eigenvalue weighted by molar-refractivity contribution is 0.0746. The lowest BCUT2D eigenvalue weighted by atomic mass is 10.1. The van der Waals surface area contributed by atoms with Crippen LogP contribution in [0.1, 0.15) is 77.6 Å². The summed E-state index contributed by atoms with van der Waals surface area (Å²) in [6, 6.07) is 7.91. The molecule has 1 fully saturated rings. The van der Waals surface area contributed by atoms with Gasteiger partial charge >= 0.3 is 0 Å². The van der Waals surface area contributed by atoms with Gasteiger partial charge in [-0.25, -0.2) is 9.97 Å². The van der Waals surface area contributed by atoms with Crippen LogP contribution >= 0.6 is 11.3 Å². The average molecular weight is 463 g/mol. The zero-order chi connectivity index (χ0) is 22.9. The summed E-state index contributed by atoms with van der Waals surface area (Å²) in [5.41, 5.74) is 3.45. The van der Waals surface area contributed by atoms with Crippen molar-refractivity contribution < 1.29 is 4.79 Å². The highest BCUT2D eigenvalue weighted by Gasteiger charge is 2.28. The molecule has 1 saturated heterocycles. The monoisotopic (exact) mass is 462 g/mol. The second-order valence-corrected chi connectivity index (χ2v) is 10.7. The summed E-state index contributed by atoms with van der Waals surface area (Å²) in [4.78, 5) is 30.3. The number of hydrogen-bond donors (Lipinski definition) is 0. The predicted molar refractivity (Wildman–Crippen MR) is 137 cm³/mol. The standard InChI is InChI=1S/C27H34N4OS/c1-4-19(3)24-28-25(23-21-8-6-5-7-9-22(21)33-26(23)29-24)30-14-16-31(17-15-30)27(32)20-12-10-18(2)11-13-20/h10-13,19H,4-9,14-17H2,1-3H3/t19-/m0/s1. The quantitative estimate of drug-likeness (QED) is 0.464. The Hall–Kier alpha value is -2.47. The molecule has 0 N–H and O–H groups in total. The summed E-state index contributed by atoms with van der Waals surface area (Å²) in [7, 11) is 0. The molecule has 5 nitrogen and oxygen atoms in total. The van der Waals surface area contributed by atoms with Gasteiger partial charge in [0.05, 0.1) is 5.39 Å². The zero-order valence-electron chi connectivity index (χ0n) is 20.1. The van der Waals surface area contributed by atoms with Crippen molar-refractivity contribution in [2.75, 3.05) is 31.1 Å². The predicted octanol–water partition coefficient (Wildman–Crippen LogP) is 5.74. The van der Waals surface area contributed by atoms with Crippen LogP contribution in [0.4, 0.5) is 5.82 Å². The van der Waals surface area contributed by atoms with Crippen LogP contribution in [0.3, 0.4) is 0 Å². The number of nitrogens with zero attached hydrogens (tertiary/aromatic N) is 4. The van der Waals surface area contributed by atoms with Gasteiger partial charge in [0.1, 0.15) is 16.5 Å². The Morgan fingerprint density at radius 1 is 1.03 bits per heavy atom. The first-order valence-electron chi connectivity index (χ1n) is 12.5. The van der Waals surface area contributed by atoms with Crippen molar-refractivity contribution in [1.29, 1.82) is 0 Å². The minimum absolute atomic E-state index is 0.132. The van der Waals surface area contributed by atoms with E-state index in [1.807, 2.05) is 47.4 Å². The van der Waals surface area contributed by atoms with Gasteiger partial charge in [0, 0.05) is 42.5 Å². The van der Waals surface area contributed by atoms with Gasteiger partial charge in [-0.2, -0.15) is 0 Å². The molecule has 174 valence electrons. The van der Waals surface area contributed by atoms with Gasteiger partial charge in [-0.1, -0.05) is 38.0 Å². The molecule has 0 unspecified atom stereocenters. The lowest BCUT2D eigenvalue weighted by Crippen LogP contribution is -2.49. The number of hydrogen-bond acceptors (Lipinski definition) is 5. The first kappa shape index (κ1) is 22.3. The van der Waals surface area contributed by atoms with Gasteiger partial charge in [-0.15, -0.1) is 11.3 Å². The van der Waals surface area contributed by atoms with Crippen LogP contribution in [0, 0.1) is 6.92 Å². The maximum Gasteiger partial charge on any atom is 0.253 e. The fourth-order valence-corrected chi connectivity index (χ4v) is 6.23. The summed E-state index contributed by atoms with van der Waals surface area (Å²) in [5, 5.41) is 1.29. The van der Waals surface area contributed by atoms with E-state index in [0.717, 1.165) is 56.2 Å². The number of benzene rings is 1. The molecule has 5 rings (SSSR count). The Balaban J connectivity index is 1.44. The fourth-order valence-electron chi connectivity index (χ4n) is 4.96. The summed E-state index contributed by atoms with van der Waals surface area (Å²) in [6.07, 6.45) is 7.19. The Labute approximate surface area is 200 Å². The molecular formula is C27H34N4OS. The highest BCUT2D eigenvalue weighted by molar-refractivity contribution is 7.19. The van der Waals surface area contributed by atoms with Crippen molar-refractivity contribution in [1.82, 2.24) is 14.9 Å². The maximum absolute atomic E-state index is 13.0. The van der Waals surface area contributed by atoms with Crippen molar-refractivity contribution in [3.8, 4) is 0 Å². The minimum atomic E-state index is 0.132. The Bertz CT molecular complexity index is 1150. The second kappa shape index (κ2) is 9.41. The molecule has 1 aromatic carbocycles. The van der Waals surface area contributed by atoms with Crippen LogP contribution in [0.15, 0.2) is 24.3 Å². The molecule has 1 aliphatic carbocycles. The molecule has 0 radical (unpaired) electrons. The van der Waals surface area contributed by atoms with E-state index in [-0.39, 0.29) is 5.91 Å². The van der Waals surface area contributed by atoms with Crippen molar-refractivity contribution in [3.05, 3.63) is 51.7 Å². The smallest absolute Gasteiger partial charge is 0.253 e. The third-order valence-electron chi connectivity index (χ3n) is 7.28. The Morgan fingerprint density at radius 3 is 2.48 bits per heavy atom. The van der Waals surface area contributed by atoms with Gasteiger partial charge in [-0.3, -0.25) is 4.79 Å². The maximum atomic E-state index is 13.0. The van der Waals surface area contributed by atoms with Gasteiger partial charge in [0.2, 0.25) is 0 Å². The number of rotatable bonds is 4. The largest absolute Gasteiger partial charge is 0.352 e. The zero-order valence-corrected chi connectivity index (χ0v) is 20.9. The SMILES string of the molecule is CC[C@H](C)c1nc(N2CCN(C(=O)c3ccc(C)cc3)CC2)c2c3c(sc2n1)CCCCC3. The van der Waals surface area contributed by atoms with E-state index >= 15 is 0 Å². The Morgan fingerprint density at radius 2 is 1.76 bits per heavy atom. The van der Waals surface area contributed by atoms with Crippen LogP contribution in [0.2, 0.25) is 0 Å². The van der Waals surface area contributed by atoms with E-state index in [2.05, 4.69) is 18.7 Å². The van der Waals surface area contributed by atoms with E-state index in [0.29, 0.717) is 5.92 Å². The molecule has 6 heteroatoms. The Kier molecular flexibility index (Phi) is 6.37. The number of aromatic nitrogens is 2. The molecule has 33 heavy (non-hydrogen) atoms. The van der Waals surface area contributed by atoms with Crippen molar-refractivity contribution in [2.45, 2.75) is 65.2 Å². The molecule has 0 spiro atoms. The van der Waals surface area contributed by atoms with Crippen molar-refractivity contribution in [3.63, 3.8) is 0 Å². The third-order valence-corrected chi connectivity index (χ3v) is 8.47. The van der Waals surface area contributed by atoms with Crippen molar-refractivity contribution in [2.24, 2.45) is 0 Å². The summed E-state index contributed by atoms with van der Waals surface area (Å²) in [5.74, 6) is 2.55. The normalized spacial score (nSPS) is 17.7. The third kappa shape index (κ3) is 4.37. The number of carbonyl (C=O) groups excluding carboxylic acids is 1. The molecule has 3 heterocycles. The number of anilines is 1. The molecule has 0 bridgehead atoms. The molecule has 3 aromatic rings. The summed E-state index contributed by atoms with van der Waals surface area (Å²) < 4.78 is 0. The topological polar surface area (TPSA) is 49.3 Å². The van der Waals surface area contributed by atoms with Gasteiger partial charge in [0.15, 0.2) is 0 Å². The summed E-state index contributed by atoms with van der Waals surface area (Å²) in [6.45, 7) is 9.56. The molecule has 1 aliphatic heterocycles. The molecule has 2 aliphatic rings. The average Bonchev–Trinajstić information content (AvgIpc) is 3.03. The van der Waals surface area contributed by atoms with Gasteiger partial charge in [-0.05, 0) is 56.7 Å². The van der Waals surface area contributed by atoms with Crippen LogP contribution in [-0.2, 0) is 12.8 Å². The molecule has 1 atom stereocenters. The van der Waals surface area contributed by atoms with Crippen molar-refractivity contribution >= 4 is 33.3 Å². The number of fused-ring (bicyclic) bond motifs is 3. The molecule has 2 aromatic heterocycles. The van der Waals surface area contributed by atoms with Gasteiger partial charge in [0.25, 0.3) is 5.91 Å². The number of aryl methyl sites for hydroxylation is 3. The summed E-state index contributed by atoms with van der Waals surface area (Å²) >= 11 is 1.89. The number of amides is 1. The number of thiophene rings is 1. The molecule has 1 amide bonds. The highest BCUT2D eigenvalue weighted by Crippen LogP contribution is 2.40. The van der Waals surface area contributed by atoms with E-state index in [1.165, 1.54) is 51.9 Å². The van der Waals surface area contributed by atoms with Crippen LogP contribution < -0.4 is 4.90 Å². The van der Waals surface area contributed by atoms with E-state index < -0.39 is 0 Å². The minimum Gasteiger partial charge on any atom is -0.352 e. The van der Waals surface area contributed by atoms with Gasteiger partial charge < -0.3 is 9.80 Å². The second-order valence-electron chi connectivity index (χ2n) is 9.60. The van der Waals surface area contributed by atoms with Crippen LogP contribution in [0.5, 0.6) is 0 Å². The lowest BCUT2D eigenvalue weighted by Gasteiger charge is -2.36. The molecular weight excluding hydrogens is 428 g/mol. The van der Waals surface area contributed by atoms with Crippen LogP contribution in [-0.4, -0.2) is 47.0 Å². The van der Waals surface area contributed by atoms with E-state index in [1.54, 1.807) is 0 Å². The number of piperazine rings is 1. The first-order chi connectivity index (χ1) is 16.0. The van der Waals surface area contributed by atoms with E-state index in [9.17, 15) is 4.79 Å². The highest BCUT2D eigenvalue weighted by atomic mass is 32.1. The number of carbonyl (C=O) groups is 1. The fraction of sp³-hybridized carbons (Fsp3) is 0.519. The molecule has 0 saturated carbocycles. The van der Waals surface area contributed by atoms with Crippen LogP contribution in [0.25, 0.3) is 10.2 Å².